The molecule has 0 atom stereocenters. The van der Waals surface area contributed by atoms with Crippen LogP contribution in [0.3, 0.4) is 0 Å². The van der Waals surface area contributed by atoms with Crippen LogP contribution in [0.4, 0.5) is 34.1 Å². The Hall–Kier alpha value is -5.68. The Morgan fingerprint density at radius 1 is 0.471 bits per heavy atom. The number of para-hydroxylation sites is 2. The molecular formula is C46H39BN2O2. The summed E-state index contributed by atoms with van der Waals surface area (Å²) >= 11 is 0. The van der Waals surface area contributed by atoms with Crippen LogP contribution in [-0.2, 0) is 10.8 Å². The van der Waals surface area contributed by atoms with Gasteiger partial charge in [-0.05, 0) is 87.4 Å². The standard InChI is InChI=1S/C46H39BN2O2/c1-45(2,3)29-19-23-31(24-20-29)48-36-27-28-13-7-8-14-33(28)40-39(36)47(43-41(48)34-15-9-11-17-37(34)50-43)44-42(35-16-10-12-18-38(35)51-44)49(40)32-25-21-30(22-26-32)46(4,5)6/h7-27H,1-6H3. The maximum absolute atomic E-state index is 7.01. The van der Waals surface area contributed by atoms with Gasteiger partial charge < -0.3 is 18.6 Å². The van der Waals surface area contributed by atoms with E-state index in [9.17, 15) is 0 Å². The van der Waals surface area contributed by atoms with Gasteiger partial charge in [0.1, 0.15) is 22.5 Å². The Morgan fingerprint density at radius 2 is 0.922 bits per heavy atom. The van der Waals surface area contributed by atoms with Crippen molar-refractivity contribution in [3.05, 3.63) is 139 Å². The first-order valence-electron chi connectivity index (χ1n) is 18.0. The van der Waals surface area contributed by atoms with Crippen molar-refractivity contribution in [3.8, 4) is 0 Å². The van der Waals surface area contributed by atoms with Crippen LogP contribution >= 0.6 is 0 Å². The molecule has 2 aromatic heterocycles. The van der Waals surface area contributed by atoms with E-state index in [-0.39, 0.29) is 17.5 Å². The third-order valence-corrected chi connectivity index (χ3v) is 10.9. The van der Waals surface area contributed by atoms with Gasteiger partial charge >= 0.3 is 6.71 Å². The second-order valence-corrected chi connectivity index (χ2v) is 16.2. The molecule has 4 heterocycles. The Bertz CT molecular complexity index is 2660. The van der Waals surface area contributed by atoms with Crippen LogP contribution in [-0.4, -0.2) is 6.71 Å². The number of furan rings is 2. The van der Waals surface area contributed by atoms with Crippen molar-refractivity contribution in [2.45, 2.75) is 52.4 Å². The number of rotatable bonds is 2. The topological polar surface area (TPSA) is 32.8 Å². The molecule has 2 aliphatic rings. The fourth-order valence-electron chi connectivity index (χ4n) is 8.36. The van der Waals surface area contributed by atoms with Crippen LogP contribution in [0, 0.1) is 0 Å². The lowest BCUT2D eigenvalue weighted by atomic mass is 9.37. The summed E-state index contributed by atoms with van der Waals surface area (Å²) in [4.78, 5) is 4.89. The molecule has 0 N–H and O–H groups in total. The van der Waals surface area contributed by atoms with Crippen LogP contribution in [0.2, 0.25) is 0 Å². The predicted octanol–water partition coefficient (Wildman–Crippen LogP) is 11.0. The zero-order chi connectivity index (χ0) is 34.8. The zero-order valence-electron chi connectivity index (χ0n) is 29.9. The molecule has 10 rings (SSSR count). The van der Waals surface area contributed by atoms with Crippen molar-refractivity contribution in [2.24, 2.45) is 0 Å². The van der Waals surface area contributed by atoms with Crippen molar-refractivity contribution in [1.82, 2.24) is 0 Å². The molecule has 0 unspecified atom stereocenters. The second-order valence-electron chi connectivity index (χ2n) is 16.2. The summed E-state index contributed by atoms with van der Waals surface area (Å²) in [5.41, 5.74) is 14.1. The van der Waals surface area contributed by atoms with Crippen molar-refractivity contribution in [1.29, 1.82) is 0 Å². The maximum Gasteiger partial charge on any atom is 0.342 e. The molecule has 5 heteroatoms. The van der Waals surface area contributed by atoms with Crippen molar-refractivity contribution >= 4 is 90.3 Å². The molecule has 0 aliphatic carbocycles. The number of fused-ring (bicyclic) bond motifs is 10. The minimum Gasteiger partial charge on any atom is -0.468 e. The second kappa shape index (κ2) is 10.4. The highest BCUT2D eigenvalue weighted by molar-refractivity contribution is 6.99. The van der Waals surface area contributed by atoms with Gasteiger partial charge in [-0.3, -0.25) is 0 Å². The highest BCUT2D eigenvalue weighted by Gasteiger charge is 2.50. The molecule has 4 nitrogen and oxygen atoms in total. The van der Waals surface area contributed by atoms with Gasteiger partial charge in [0.05, 0.1) is 17.1 Å². The molecule has 0 spiro atoms. The van der Waals surface area contributed by atoms with E-state index < -0.39 is 0 Å². The first-order chi connectivity index (χ1) is 24.6. The molecular weight excluding hydrogens is 623 g/mol. The van der Waals surface area contributed by atoms with Crippen LogP contribution in [0.25, 0.3) is 32.7 Å². The quantitative estimate of drug-likeness (QED) is 0.173. The van der Waals surface area contributed by atoms with Crippen LogP contribution in [0.5, 0.6) is 0 Å². The number of nitrogens with zero attached hydrogens (tertiary/aromatic N) is 2. The summed E-state index contributed by atoms with van der Waals surface area (Å²) in [6.07, 6.45) is 0. The van der Waals surface area contributed by atoms with E-state index in [0.717, 1.165) is 67.4 Å². The molecule has 8 aromatic rings. The molecule has 0 saturated carbocycles. The Balaban J connectivity index is 1.35. The van der Waals surface area contributed by atoms with E-state index in [2.05, 4.69) is 179 Å². The molecule has 2 aliphatic heterocycles. The van der Waals surface area contributed by atoms with Gasteiger partial charge in [-0.15, -0.1) is 0 Å². The molecule has 0 amide bonds. The fraction of sp³-hybridized carbons (Fsp3) is 0.174. The molecule has 248 valence electrons. The third-order valence-electron chi connectivity index (χ3n) is 10.9. The Kier molecular flexibility index (Phi) is 6.17. The lowest BCUT2D eigenvalue weighted by Crippen LogP contribution is -2.60. The SMILES string of the molecule is CC(C)(C)c1ccc(N2c3cc4ccccc4c4c3B(c3oc5ccccc5c32)c2oc3ccccc3c2N4c2ccc(C(C)(C)C)cc2)cc1. The summed E-state index contributed by atoms with van der Waals surface area (Å²) in [7, 11) is 0. The van der Waals surface area contributed by atoms with Crippen molar-refractivity contribution < 1.29 is 8.83 Å². The summed E-state index contributed by atoms with van der Waals surface area (Å²) in [6.45, 7) is 13.4. The molecule has 0 fully saturated rings. The molecule has 0 bridgehead atoms. The van der Waals surface area contributed by atoms with E-state index >= 15 is 0 Å². The lowest BCUT2D eigenvalue weighted by Gasteiger charge is -2.41. The van der Waals surface area contributed by atoms with Gasteiger partial charge in [0.2, 0.25) is 0 Å². The highest BCUT2D eigenvalue weighted by Crippen LogP contribution is 2.51. The summed E-state index contributed by atoms with van der Waals surface area (Å²) in [6, 6.07) is 46.3. The van der Waals surface area contributed by atoms with Gasteiger partial charge in [0.25, 0.3) is 0 Å². The van der Waals surface area contributed by atoms with Gasteiger partial charge in [0.15, 0.2) is 0 Å². The maximum atomic E-state index is 7.01. The average Bonchev–Trinajstić information content (AvgIpc) is 3.70. The first-order valence-corrected chi connectivity index (χ1v) is 18.0. The largest absolute Gasteiger partial charge is 0.468 e. The Labute approximate surface area is 299 Å². The number of benzene rings is 6. The highest BCUT2D eigenvalue weighted by atomic mass is 16.3. The minimum absolute atomic E-state index is 0.0400. The summed E-state index contributed by atoms with van der Waals surface area (Å²) in [5, 5.41) is 4.56. The number of hydrogen-bond donors (Lipinski definition) is 0. The molecule has 51 heavy (non-hydrogen) atoms. The summed E-state index contributed by atoms with van der Waals surface area (Å²) in [5.74, 6) is 0. The molecule has 0 radical (unpaired) electrons. The van der Waals surface area contributed by atoms with Gasteiger partial charge in [-0.25, -0.2) is 0 Å². The monoisotopic (exact) mass is 662 g/mol. The number of hydrogen-bond acceptors (Lipinski definition) is 4. The van der Waals surface area contributed by atoms with E-state index in [1.54, 1.807) is 0 Å². The van der Waals surface area contributed by atoms with Crippen molar-refractivity contribution in [3.63, 3.8) is 0 Å². The van der Waals surface area contributed by atoms with E-state index in [1.165, 1.54) is 27.4 Å². The Morgan fingerprint density at radius 3 is 1.45 bits per heavy atom. The normalized spacial score (nSPS) is 14.0. The van der Waals surface area contributed by atoms with Crippen LogP contribution < -0.4 is 26.6 Å². The third kappa shape index (κ3) is 4.34. The fourth-order valence-corrected chi connectivity index (χ4v) is 8.36. The summed E-state index contributed by atoms with van der Waals surface area (Å²) < 4.78 is 14.0. The van der Waals surface area contributed by atoms with E-state index in [0.29, 0.717) is 0 Å². The average molecular weight is 663 g/mol. The van der Waals surface area contributed by atoms with Crippen LogP contribution in [0.1, 0.15) is 52.7 Å². The van der Waals surface area contributed by atoms with E-state index in [4.69, 9.17) is 8.83 Å². The predicted molar refractivity (Wildman–Crippen MR) is 215 cm³/mol. The van der Waals surface area contributed by atoms with Gasteiger partial charge in [-0.2, -0.15) is 0 Å². The first kappa shape index (κ1) is 30.2. The van der Waals surface area contributed by atoms with Gasteiger partial charge in [-0.1, -0.05) is 114 Å². The minimum atomic E-state index is -0.250. The van der Waals surface area contributed by atoms with Crippen LogP contribution in [0.15, 0.2) is 136 Å². The molecule has 6 aromatic carbocycles. The number of anilines is 6. The lowest BCUT2D eigenvalue weighted by molar-refractivity contribution is 0.590. The zero-order valence-corrected chi connectivity index (χ0v) is 29.9. The smallest absolute Gasteiger partial charge is 0.342 e. The van der Waals surface area contributed by atoms with Gasteiger partial charge in [0, 0.05) is 33.2 Å². The molecule has 0 saturated heterocycles. The van der Waals surface area contributed by atoms with Crippen molar-refractivity contribution in [2.75, 3.05) is 9.80 Å². The van der Waals surface area contributed by atoms with E-state index in [1.807, 2.05) is 0 Å².